The summed E-state index contributed by atoms with van der Waals surface area (Å²) < 4.78 is 27.1. The first-order valence-corrected chi connectivity index (χ1v) is 7.86. The van der Waals surface area contributed by atoms with Gasteiger partial charge in [0.05, 0.1) is 5.75 Å². The molecule has 19 heavy (non-hydrogen) atoms. The van der Waals surface area contributed by atoms with Crippen LogP contribution in [0.15, 0.2) is 47.1 Å². The lowest BCUT2D eigenvalue weighted by Crippen LogP contribution is -2.15. The Labute approximate surface area is 120 Å². The molecule has 0 amide bonds. The van der Waals surface area contributed by atoms with Crippen molar-refractivity contribution in [1.82, 2.24) is 4.98 Å². The van der Waals surface area contributed by atoms with Gasteiger partial charge >= 0.3 is 0 Å². The highest BCUT2D eigenvalue weighted by molar-refractivity contribution is 9.10. The highest BCUT2D eigenvalue weighted by atomic mass is 79.9. The van der Waals surface area contributed by atoms with Gasteiger partial charge < -0.3 is 5.73 Å². The number of sulfonamides is 1. The lowest BCUT2D eigenvalue weighted by Gasteiger charge is -2.07. The third kappa shape index (κ3) is 4.22. The van der Waals surface area contributed by atoms with Crippen molar-refractivity contribution in [3.8, 4) is 0 Å². The lowest BCUT2D eigenvalue weighted by atomic mass is 10.2. The number of anilines is 2. The Morgan fingerprint density at radius 1 is 1.26 bits per heavy atom. The SMILES string of the molecule is Nc1cccc(CS(=O)(=O)Nc2ccc(Br)cn2)c1. The minimum Gasteiger partial charge on any atom is -0.399 e. The number of hydrogen-bond acceptors (Lipinski definition) is 4. The second-order valence-corrected chi connectivity index (χ2v) is 6.61. The standard InChI is InChI=1S/C12H12BrN3O2S/c13-10-4-5-12(15-7-10)16-19(17,18)8-9-2-1-3-11(14)6-9/h1-7H,8,14H2,(H,15,16). The molecule has 7 heteroatoms. The number of hydrogen-bond donors (Lipinski definition) is 2. The molecule has 0 saturated heterocycles. The molecule has 1 aromatic carbocycles. The van der Waals surface area contributed by atoms with Gasteiger partial charge in [-0.3, -0.25) is 4.72 Å². The fourth-order valence-electron chi connectivity index (χ4n) is 1.53. The molecular weight excluding hydrogens is 330 g/mol. The van der Waals surface area contributed by atoms with Crippen LogP contribution in [-0.2, 0) is 15.8 Å². The van der Waals surface area contributed by atoms with Crippen LogP contribution in [0.3, 0.4) is 0 Å². The normalized spacial score (nSPS) is 11.2. The minimum atomic E-state index is -3.50. The van der Waals surface area contributed by atoms with Crippen LogP contribution in [0.1, 0.15) is 5.56 Å². The summed E-state index contributed by atoms with van der Waals surface area (Å²) in [6.07, 6.45) is 1.53. The second-order valence-electron chi connectivity index (χ2n) is 3.97. The van der Waals surface area contributed by atoms with Crippen LogP contribution in [-0.4, -0.2) is 13.4 Å². The Bertz CT molecular complexity index is 672. The van der Waals surface area contributed by atoms with E-state index in [1.807, 2.05) is 0 Å². The summed E-state index contributed by atoms with van der Waals surface area (Å²) in [5.74, 6) is 0.141. The van der Waals surface area contributed by atoms with Crippen molar-refractivity contribution in [2.24, 2.45) is 0 Å². The van der Waals surface area contributed by atoms with Crippen molar-refractivity contribution in [3.63, 3.8) is 0 Å². The molecule has 0 spiro atoms. The van der Waals surface area contributed by atoms with Crippen molar-refractivity contribution in [3.05, 3.63) is 52.6 Å². The van der Waals surface area contributed by atoms with Crippen LogP contribution in [0.25, 0.3) is 0 Å². The Kier molecular flexibility index (Phi) is 4.06. The minimum absolute atomic E-state index is 0.143. The average Bonchev–Trinajstić information content (AvgIpc) is 2.31. The molecule has 0 saturated carbocycles. The summed E-state index contributed by atoms with van der Waals surface area (Å²) in [5.41, 5.74) is 6.78. The van der Waals surface area contributed by atoms with Crippen molar-refractivity contribution >= 4 is 37.5 Å². The zero-order valence-corrected chi connectivity index (χ0v) is 12.3. The van der Waals surface area contributed by atoms with Crippen LogP contribution in [0, 0.1) is 0 Å². The molecule has 100 valence electrons. The van der Waals surface area contributed by atoms with Gasteiger partial charge in [0, 0.05) is 16.4 Å². The van der Waals surface area contributed by atoms with Gasteiger partial charge in [-0.05, 0) is 45.8 Å². The predicted molar refractivity (Wildman–Crippen MR) is 79.0 cm³/mol. The lowest BCUT2D eigenvalue weighted by molar-refractivity contribution is 0.600. The van der Waals surface area contributed by atoms with E-state index in [0.29, 0.717) is 11.3 Å². The zero-order chi connectivity index (χ0) is 13.9. The molecule has 5 nitrogen and oxygen atoms in total. The largest absolute Gasteiger partial charge is 0.399 e. The number of halogens is 1. The van der Waals surface area contributed by atoms with Crippen molar-refractivity contribution in [2.75, 3.05) is 10.5 Å². The molecule has 0 aliphatic heterocycles. The number of nitrogens with two attached hydrogens (primary N) is 1. The van der Waals surface area contributed by atoms with Gasteiger partial charge in [0.25, 0.3) is 0 Å². The quantitative estimate of drug-likeness (QED) is 0.836. The molecule has 0 bridgehead atoms. The second kappa shape index (κ2) is 5.58. The number of pyridine rings is 1. The van der Waals surface area contributed by atoms with Crippen LogP contribution in [0.2, 0.25) is 0 Å². The fourth-order valence-corrected chi connectivity index (χ4v) is 2.90. The molecule has 2 aromatic rings. The van der Waals surface area contributed by atoms with Gasteiger partial charge in [0.2, 0.25) is 10.0 Å². The molecular formula is C12H12BrN3O2S. The summed E-state index contributed by atoms with van der Waals surface area (Å²) in [5, 5.41) is 0. The Hall–Kier alpha value is -1.60. The van der Waals surface area contributed by atoms with E-state index in [0.717, 1.165) is 4.47 Å². The third-order valence-corrected chi connectivity index (χ3v) is 4.00. The monoisotopic (exact) mass is 341 g/mol. The molecule has 2 rings (SSSR count). The van der Waals surface area contributed by atoms with Crippen LogP contribution in [0.4, 0.5) is 11.5 Å². The molecule has 0 unspecified atom stereocenters. The highest BCUT2D eigenvalue weighted by Gasteiger charge is 2.12. The number of nitrogens with zero attached hydrogens (tertiary/aromatic N) is 1. The van der Waals surface area contributed by atoms with E-state index >= 15 is 0 Å². The summed E-state index contributed by atoms with van der Waals surface area (Å²) in [4.78, 5) is 3.96. The van der Waals surface area contributed by atoms with Gasteiger partial charge in [0.15, 0.2) is 0 Å². The molecule has 3 N–H and O–H groups in total. The first kappa shape index (κ1) is 13.8. The Morgan fingerprint density at radius 2 is 2.05 bits per heavy atom. The van der Waals surface area contributed by atoms with Crippen molar-refractivity contribution in [2.45, 2.75) is 5.75 Å². The average molecular weight is 342 g/mol. The number of benzene rings is 1. The van der Waals surface area contributed by atoms with E-state index < -0.39 is 10.0 Å². The van der Waals surface area contributed by atoms with Gasteiger partial charge in [-0.15, -0.1) is 0 Å². The molecule has 0 radical (unpaired) electrons. The number of aromatic nitrogens is 1. The molecule has 1 heterocycles. The van der Waals surface area contributed by atoms with Crippen LogP contribution in [0.5, 0.6) is 0 Å². The van der Waals surface area contributed by atoms with Crippen molar-refractivity contribution < 1.29 is 8.42 Å². The smallest absolute Gasteiger partial charge is 0.238 e. The van der Waals surface area contributed by atoms with Crippen LogP contribution < -0.4 is 10.5 Å². The van der Waals surface area contributed by atoms with E-state index in [9.17, 15) is 8.42 Å². The number of rotatable bonds is 4. The maximum Gasteiger partial charge on any atom is 0.238 e. The number of nitrogen functional groups attached to an aromatic ring is 1. The summed E-state index contributed by atoms with van der Waals surface area (Å²) in [7, 11) is -3.50. The van der Waals surface area contributed by atoms with Gasteiger partial charge in [0.1, 0.15) is 5.82 Å². The van der Waals surface area contributed by atoms with E-state index in [-0.39, 0.29) is 11.6 Å². The van der Waals surface area contributed by atoms with Gasteiger partial charge in [-0.1, -0.05) is 12.1 Å². The van der Waals surface area contributed by atoms with Gasteiger partial charge in [-0.25, -0.2) is 13.4 Å². The fraction of sp³-hybridized carbons (Fsp3) is 0.0833. The maximum atomic E-state index is 12.0. The van der Waals surface area contributed by atoms with E-state index in [4.69, 9.17) is 5.73 Å². The zero-order valence-electron chi connectivity index (χ0n) is 9.88. The topological polar surface area (TPSA) is 85.1 Å². The van der Waals surface area contributed by atoms with Crippen molar-refractivity contribution in [1.29, 1.82) is 0 Å². The first-order chi connectivity index (χ1) is 8.94. The molecule has 0 aliphatic rings. The molecule has 0 atom stereocenters. The summed E-state index contributed by atoms with van der Waals surface area (Å²) >= 11 is 3.23. The molecule has 1 aromatic heterocycles. The van der Waals surface area contributed by atoms with Crippen LogP contribution >= 0.6 is 15.9 Å². The predicted octanol–water partition coefficient (Wildman–Crippen LogP) is 2.37. The molecule has 0 fully saturated rings. The summed E-state index contributed by atoms with van der Waals surface area (Å²) in [6, 6.07) is 10.1. The van der Waals surface area contributed by atoms with Gasteiger partial charge in [-0.2, -0.15) is 0 Å². The molecule has 0 aliphatic carbocycles. The Balaban J connectivity index is 2.13. The maximum absolute atomic E-state index is 12.0. The highest BCUT2D eigenvalue weighted by Crippen LogP contribution is 2.15. The Morgan fingerprint density at radius 3 is 2.68 bits per heavy atom. The van der Waals surface area contributed by atoms with E-state index in [1.54, 1.807) is 36.4 Å². The summed E-state index contributed by atoms with van der Waals surface area (Å²) in [6.45, 7) is 0. The van der Waals surface area contributed by atoms with E-state index in [1.165, 1.54) is 6.20 Å². The number of nitrogens with one attached hydrogen (secondary N) is 1. The van der Waals surface area contributed by atoms with E-state index in [2.05, 4.69) is 25.6 Å². The third-order valence-electron chi connectivity index (χ3n) is 2.30. The first-order valence-electron chi connectivity index (χ1n) is 5.41.